The van der Waals surface area contributed by atoms with E-state index < -0.39 is 10.9 Å². The molecular formula is C17H14ClNO2S. The van der Waals surface area contributed by atoms with Gasteiger partial charge in [-0.2, -0.15) is 10.9 Å². The van der Waals surface area contributed by atoms with Gasteiger partial charge in [0.2, 0.25) is 0 Å². The van der Waals surface area contributed by atoms with Crippen LogP contribution < -0.4 is 0 Å². The molecule has 3 nitrogen and oxygen atoms in total. The highest BCUT2D eigenvalue weighted by molar-refractivity contribution is 8.22. The smallest absolute Gasteiger partial charge is 0.199 e. The summed E-state index contributed by atoms with van der Waals surface area (Å²) in [6.07, 6.45) is 7.70. The molecule has 0 saturated heterocycles. The first-order valence-electron chi connectivity index (χ1n) is 7.16. The van der Waals surface area contributed by atoms with Crippen molar-refractivity contribution < 1.29 is 9.32 Å². The Kier molecular flexibility index (Phi) is 3.43. The number of thiol groups is 1. The van der Waals surface area contributed by atoms with Gasteiger partial charge in [-0.3, -0.25) is 4.79 Å². The van der Waals surface area contributed by atoms with E-state index in [4.69, 9.17) is 16.1 Å². The van der Waals surface area contributed by atoms with Gasteiger partial charge in [0.25, 0.3) is 0 Å². The summed E-state index contributed by atoms with van der Waals surface area (Å²) in [5.41, 5.74) is 1.28. The molecule has 2 aromatic rings. The van der Waals surface area contributed by atoms with Crippen molar-refractivity contribution in [1.82, 2.24) is 5.16 Å². The Balaban J connectivity index is 1.78. The lowest BCUT2D eigenvalue weighted by atomic mass is 10.0. The minimum absolute atomic E-state index is 0.0222. The summed E-state index contributed by atoms with van der Waals surface area (Å²) < 4.78 is 5.30. The number of ketones is 1. The zero-order valence-electron chi connectivity index (χ0n) is 11.7. The summed E-state index contributed by atoms with van der Waals surface area (Å²) >= 11 is 6.14. The molecule has 0 spiro atoms. The SMILES string of the molecule is O=C(c1ccc(Cl)cc1[SH]1C=CC=C1)c1cnoc1C1CC1. The lowest BCUT2D eigenvalue weighted by Crippen LogP contribution is -2.05. The predicted octanol–water partition coefficient (Wildman–Crippen LogP) is 4.84. The van der Waals surface area contributed by atoms with Gasteiger partial charge in [-0.1, -0.05) is 28.9 Å². The first-order valence-corrected chi connectivity index (χ1v) is 9.02. The lowest BCUT2D eigenvalue weighted by Gasteiger charge is -2.15. The fraction of sp³-hybridized carbons (Fsp3) is 0.176. The highest BCUT2D eigenvalue weighted by Crippen LogP contribution is 2.46. The third-order valence-electron chi connectivity index (χ3n) is 3.88. The topological polar surface area (TPSA) is 43.1 Å². The van der Waals surface area contributed by atoms with Gasteiger partial charge in [-0.15, -0.1) is 0 Å². The van der Waals surface area contributed by atoms with E-state index in [1.165, 1.54) is 0 Å². The van der Waals surface area contributed by atoms with E-state index in [1.54, 1.807) is 12.3 Å². The van der Waals surface area contributed by atoms with Crippen molar-refractivity contribution in [2.75, 3.05) is 0 Å². The van der Waals surface area contributed by atoms with Gasteiger partial charge in [-0.05, 0) is 41.9 Å². The Morgan fingerprint density at radius 3 is 2.73 bits per heavy atom. The summed E-state index contributed by atoms with van der Waals surface area (Å²) in [5.74, 6) is 1.07. The van der Waals surface area contributed by atoms with Gasteiger partial charge < -0.3 is 4.52 Å². The summed E-state index contributed by atoms with van der Waals surface area (Å²) in [7, 11) is -0.612. The zero-order chi connectivity index (χ0) is 15.1. The maximum atomic E-state index is 13.0. The van der Waals surface area contributed by atoms with Gasteiger partial charge in [0.15, 0.2) is 11.5 Å². The van der Waals surface area contributed by atoms with Gasteiger partial charge in [-0.25, -0.2) is 0 Å². The standard InChI is InChI=1S/C17H14ClNO2S/c18-12-5-6-13(15(9-12)22-7-1-2-8-22)16(20)14-10-19-21-17(14)11-3-4-11/h1-2,5-11,22H,3-4H2. The van der Waals surface area contributed by atoms with Gasteiger partial charge in [0, 0.05) is 21.4 Å². The number of nitrogens with zero attached hydrogens (tertiary/aromatic N) is 1. The van der Waals surface area contributed by atoms with Crippen molar-refractivity contribution in [3.63, 3.8) is 0 Å². The highest BCUT2D eigenvalue weighted by atomic mass is 35.5. The Hall–Kier alpha value is -1.78. The molecule has 112 valence electrons. The molecular weight excluding hydrogens is 318 g/mol. The minimum atomic E-state index is -0.612. The molecule has 4 rings (SSSR count). The van der Waals surface area contributed by atoms with E-state index in [9.17, 15) is 4.79 Å². The van der Waals surface area contributed by atoms with Crippen LogP contribution in [0.5, 0.6) is 0 Å². The fourth-order valence-electron chi connectivity index (χ4n) is 2.61. The second kappa shape index (κ2) is 5.45. The summed E-state index contributed by atoms with van der Waals surface area (Å²) in [6, 6.07) is 5.47. The first-order chi connectivity index (χ1) is 10.7. The maximum absolute atomic E-state index is 13.0. The molecule has 2 heterocycles. The molecule has 1 aliphatic carbocycles. The number of hydrogen-bond donors (Lipinski definition) is 1. The summed E-state index contributed by atoms with van der Waals surface area (Å²) in [4.78, 5) is 14.0. The van der Waals surface area contributed by atoms with Crippen molar-refractivity contribution >= 4 is 28.3 Å². The molecule has 1 saturated carbocycles. The Bertz CT molecular complexity index is 793. The van der Waals surface area contributed by atoms with Crippen molar-refractivity contribution in [3.05, 3.63) is 69.3 Å². The molecule has 1 aliphatic heterocycles. The molecule has 1 fully saturated rings. The van der Waals surface area contributed by atoms with Gasteiger partial charge >= 0.3 is 0 Å². The summed E-state index contributed by atoms with van der Waals surface area (Å²) in [5, 5.41) is 8.72. The van der Waals surface area contributed by atoms with Crippen LogP contribution in [-0.4, -0.2) is 10.9 Å². The van der Waals surface area contributed by atoms with E-state index in [2.05, 4.69) is 16.0 Å². The number of aromatic nitrogens is 1. The van der Waals surface area contributed by atoms with Crippen molar-refractivity contribution in [1.29, 1.82) is 0 Å². The first kappa shape index (κ1) is 13.9. The van der Waals surface area contributed by atoms with Crippen LogP contribution in [0.2, 0.25) is 5.02 Å². The zero-order valence-corrected chi connectivity index (χ0v) is 13.3. The van der Waals surface area contributed by atoms with Crippen LogP contribution in [0.1, 0.15) is 40.4 Å². The quantitative estimate of drug-likeness (QED) is 0.644. The number of allylic oxidation sites excluding steroid dienone is 2. The van der Waals surface area contributed by atoms with Crippen LogP contribution in [0.4, 0.5) is 0 Å². The van der Waals surface area contributed by atoms with Gasteiger partial charge in [0.05, 0.1) is 11.8 Å². The average molecular weight is 332 g/mol. The van der Waals surface area contributed by atoms with Crippen LogP contribution in [0.25, 0.3) is 0 Å². The van der Waals surface area contributed by atoms with E-state index in [1.807, 2.05) is 24.3 Å². The highest BCUT2D eigenvalue weighted by Gasteiger charge is 2.33. The normalized spacial score (nSPS) is 18.1. The molecule has 0 amide bonds. The van der Waals surface area contributed by atoms with E-state index in [0.29, 0.717) is 22.1 Å². The molecule has 0 unspecified atom stereocenters. The third-order valence-corrected chi connectivity index (χ3v) is 6.03. The minimum Gasteiger partial charge on any atom is -0.360 e. The van der Waals surface area contributed by atoms with Crippen LogP contribution in [0.3, 0.4) is 0 Å². The molecule has 0 atom stereocenters. The Labute approximate surface area is 136 Å². The monoisotopic (exact) mass is 331 g/mol. The Morgan fingerprint density at radius 1 is 1.23 bits per heavy atom. The average Bonchev–Trinajstić information content (AvgIpc) is 3.05. The maximum Gasteiger partial charge on any atom is 0.199 e. The lowest BCUT2D eigenvalue weighted by molar-refractivity contribution is 0.103. The summed E-state index contributed by atoms with van der Waals surface area (Å²) in [6.45, 7) is 0. The molecule has 0 radical (unpaired) electrons. The Morgan fingerprint density at radius 2 is 2.00 bits per heavy atom. The molecule has 2 aliphatic rings. The number of halogens is 1. The molecule has 0 bridgehead atoms. The van der Waals surface area contributed by atoms with E-state index >= 15 is 0 Å². The van der Waals surface area contributed by atoms with Crippen LogP contribution >= 0.6 is 22.5 Å². The van der Waals surface area contributed by atoms with Gasteiger partial charge in [0.1, 0.15) is 0 Å². The molecule has 5 heteroatoms. The van der Waals surface area contributed by atoms with Crippen LogP contribution in [-0.2, 0) is 0 Å². The second-order valence-electron chi connectivity index (χ2n) is 5.46. The van der Waals surface area contributed by atoms with Crippen LogP contribution in [0.15, 0.2) is 56.8 Å². The largest absolute Gasteiger partial charge is 0.360 e. The molecule has 1 aromatic heterocycles. The molecule has 22 heavy (non-hydrogen) atoms. The number of hydrogen-bond acceptors (Lipinski definition) is 3. The van der Waals surface area contributed by atoms with E-state index in [0.717, 1.165) is 23.5 Å². The number of rotatable bonds is 4. The molecule has 0 N–H and O–H groups in total. The van der Waals surface area contributed by atoms with Crippen LogP contribution in [0, 0.1) is 0 Å². The number of benzene rings is 1. The number of carbonyl (C=O) groups is 1. The fourth-order valence-corrected chi connectivity index (χ4v) is 4.59. The van der Waals surface area contributed by atoms with Crippen molar-refractivity contribution in [3.8, 4) is 0 Å². The van der Waals surface area contributed by atoms with Crippen molar-refractivity contribution in [2.45, 2.75) is 23.7 Å². The van der Waals surface area contributed by atoms with E-state index in [-0.39, 0.29) is 5.78 Å². The molecule has 1 aromatic carbocycles. The number of carbonyl (C=O) groups excluding carboxylic acids is 1. The third kappa shape index (κ3) is 2.42. The second-order valence-corrected chi connectivity index (χ2v) is 7.79. The predicted molar refractivity (Wildman–Crippen MR) is 88.9 cm³/mol. The van der Waals surface area contributed by atoms with Crippen molar-refractivity contribution in [2.24, 2.45) is 0 Å².